The molecule has 6 nitrogen and oxygen atoms in total. The van der Waals surface area contributed by atoms with Gasteiger partial charge in [0.15, 0.2) is 11.5 Å². The number of methoxy groups -OCH3 is 1. The minimum absolute atomic E-state index is 0.00194. The van der Waals surface area contributed by atoms with Crippen molar-refractivity contribution in [3.05, 3.63) is 11.3 Å². The molecule has 0 spiro atoms. The van der Waals surface area contributed by atoms with E-state index >= 15 is 0 Å². The molecule has 6 heteroatoms. The number of anilines is 1. The van der Waals surface area contributed by atoms with E-state index in [0.29, 0.717) is 0 Å². The Balaban J connectivity index is 3.18. The first-order valence-corrected chi connectivity index (χ1v) is 3.03. The number of nitriles is 1. The maximum atomic E-state index is 10.9. The molecule has 0 amide bonds. The number of rotatable bonds is 1. The Bertz CT molecular complexity index is 349. The third kappa shape index (κ3) is 1.08. The minimum Gasteiger partial charge on any atom is -0.464 e. The molecule has 0 fully saturated rings. The molecule has 62 valence electrons. The zero-order valence-electron chi connectivity index (χ0n) is 6.29. The van der Waals surface area contributed by atoms with E-state index in [2.05, 4.69) is 14.9 Å². The number of esters is 1. The SMILES string of the molecule is COC(=O)c1[nH]nc(N)c1C#N. The first-order chi connectivity index (χ1) is 5.70. The third-order valence-corrected chi connectivity index (χ3v) is 1.30. The molecular weight excluding hydrogens is 160 g/mol. The van der Waals surface area contributed by atoms with Crippen LogP contribution in [0.5, 0.6) is 0 Å². The number of carbonyl (C=O) groups excluding carboxylic acids is 1. The predicted octanol–water partition coefficient (Wildman–Crippen LogP) is -0.350. The van der Waals surface area contributed by atoms with Crippen molar-refractivity contribution in [2.45, 2.75) is 0 Å². The second kappa shape index (κ2) is 2.92. The number of nitrogen functional groups attached to an aromatic ring is 1. The Kier molecular flexibility index (Phi) is 1.96. The fourth-order valence-electron chi connectivity index (χ4n) is 0.719. The van der Waals surface area contributed by atoms with E-state index in [0.717, 1.165) is 0 Å². The monoisotopic (exact) mass is 166 g/mol. The van der Waals surface area contributed by atoms with Gasteiger partial charge < -0.3 is 10.5 Å². The number of H-pyrrole nitrogens is 1. The molecule has 1 rings (SSSR count). The maximum Gasteiger partial charge on any atom is 0.357 e. The number of nitrogens with two attached hydrogens (primary N) is 1. The first-order valence-electron chi connectivity index (χ1n) is 3.03. The number of hydrogen-bond acceptors (Lipinski definition) is 5. The summed E-state index contributed by atoms with van der Waals surface area (Å²) in [6.45, 7) is 0. The van der Waals surface area contributed by atoms with Crippen LogP contribution in [0.2, 0.25) is 0 Å². The smallest absolute Gasteiger partial charge is 0.357 e. The van der Waals surface area contributed by atoms with Gasteiger partial charge in [-0.1, -0.05) is 0 Å². The number of hydrogen-bond donors (Lipinski definition) is 2. The highest BCUT2D eigenvalue weighted by Gasteiger charge is 2.17. The molecule has 1 aromatic heterocycles. The van der Waals surface area contributed by atoms with Gasteiger partial charge in [0.25, 0.3) is 0 Å². The Hall–Kier alpha value is -2.03. The van der Waals surface area contributed by atoms with Crippen LogP contribution in [0.15, 0.2) is 0 Å². The lowest BCUT2D eigenvalue weighted by atomic mass is 10.2. The van der Waals surface area contributed by atoms with Gasteiger partial charge in [0, 0.05) is 0 Å². The summed E-state index contributed by atoms with van der Waals surface area (Å²) >= 11 is 0. The molecule has 12 heavy (non-hydrogen) atoms. The summed E-state index contributed by atoms with van der Waals surface area (Å²) in [5.74, 6) is -0.659. The lowest BCUT2D eigenvalue weighted by molar-refractivity contribution is 0.0593. The molecule has 0 aromatic carbocycles. The fraction of sp³-hybridized carbons (Fsp3) is 0.167. The second-order valence-electron chi connectivity index (χ2n) is 1.96. The normalized spacial score (nSPS) is 9.00. The molecule has 0 atom stereocenters. The Morgan fingerprint density at radius 3 is 3.00 bits per heavy atom. The molecule has 0 bridgehead atoms. The van der Waals surface area contributed by atoms with Crippen LogP contribution in [0, 0.1) is 11.3 Å². The molecule has 1 aromatic rings. The molecule has 1 heterocycles. The fourth-order valence-corrected chi connectivity index (χ4v) is 0.719. The van der Waals surface area contributed by atoms with Crippen LogP contribution in [-0.2, 0) is 4.74 Å². The van der Waals surface area contributed by atoms with Crippen LogP contribution >= 0.6 is 0 Å². The number of nitrogens with one attached hydrogen (secondary N) is 1. The van der Waals surface area contributed by atoms with E-state index in [1.54, 1.807) is 6.07 Å². The van der Waals surface area contributed by atoms with E-state index in [1.807, 2.05) is 0 Å². The van der Waals surface area contributed by atoms with Crippen molar-refractivity contribution in [2.24, 2.45) is 0 Å². The molecular formula is C6H6N4O2. The topological polar surface area (TPSA) is 105 Å². The summed E-state index contributed by atoms with van der Waals surface area (Å²) in [6.07, 6.45) is 0. The Labute approximate surface area is 67.9 Å². The van der Waals surface area contributed by atoms with Crippen molar-refractivity contribution >= 4 is 11.8 Å². The Morgan fingerprint density at radius 1 is 1.83 bits per heavy atom. The van der Waals surface area contributed by atoms with Gasteiger partial charge in [0.05, 0.1) is 7.11 Å². The lowest BCUT2D eigenvalue weighted by Crippen LogP contribution is -2.04. The average molecular weight is 166 g/mol. The quantitative estimate of drug-likeness (QED) is 0.555. The van der Waals surface area contributed by atoms with Crippen LogP contribution in [0.1, 0.15) is 16.1 Å². The van der Waals surface area contributed by atoms with Gasteiger partial charge in [-0.05, 0) is 0 Å². The maximum absolute atomic E-state index is 10.9. The molecule has 0 saturated carbocycles. The summed E-state index contributed by atoms with van der Waals surface area (Å²) in [6, 6.07) is 1.74. The van der Waals surface area contributed by atoms with Gasteiger partial charge in [0.1, 0.15) is 11.6 Å². The van der Waals surface area contributed by atoms with Crippen molar-refractivity contribution in [3.8, 4) is 6.07 Å². The van der Waals surface area contributed by atoms with Crippen LogP contribution in [0.4, 0.5) is 5.82 Å². The van der Waals surface area contributed by atoms with Crippen molar-refractivity contribution in [3.63, 3.8) is 0 Å². The summed E-state index contributed by atoms with van der Waals surface area (Å²) in [7, 11) is 1.21. The highest BCUT2D eigenvalue weighted by atomic mass is 16.5. The van der Waals surface area contributed by atoms with E-state index in [9.17, 15) is 4.79 Å². The molecule has 3 N–H and O–H groups in total. The molecule has 0 saturated heterocycles. The molecule has 0 aliphatic carbocycles. The third-order valence-electron chi connectivity index (χ3n) is 1.30. The van der Waals surface area contributed by atoms with Crippen LogP contribution < -0.4 is 5.73 Å². The molecule has 0 radical (unpaired) electrons. The summed E-state index contributed by atoms with van der Waals surface area (Å²) in [4.78, 5) is 10.9. The largest absolute Gasteiger partial charge is 0.464 e. The lowest BCUT2D eigenvalue weighted by Gasteiger charge is -1.93. The van der Waals surface area contributed by atoms with E-state index in [1.165, 1.54) is 7.11 Å². The summed E-state index contributed by atoms with van der Waals surface area (Å²) in [5.41, 5.74) is 5.27. The zero-order chi connectivity index (χ0) is 9.14. The van der Waals surface area contributed by atoms with Gasteiger partial charge >= 0.3 is 5.97 Å². The predicted molar refractivity (Wildman–Crippen MR) is 39.1 cm³/mol. The van der Waals surface area contributed by atoms with E-state index in [4.69, 9.17) is 11.0 Å². The first kappa shape index (κ1) is 8.07. The summed E-state index contributed by atoms with van der Waals surface area (Å²) in [5, 5.41) is 14.3. The number of aromatic amines is 1. The van der Waals surface area contributed by atoms with Crippen LogP contribution in [0.25, 0.3) is 0 Å². The Morgan fingerprint density at radius 2 is 2.50 bits per heavy atom. The van der Waals surface area contributed by atoms with E-state index < -0.39 is 5.97 Å². The van der Waals surface area contributed by atoms with Crippen LogP contribution in [-0.4, -0.2) is 23.3 Å². The number of nitrogens with zero attached hydrogens (tertiary/aromatic N) is 2. The van der Waals surface area contributed by atoms with Gasteiger partial charge in [0.2, 0.25) is 0 Å². The standard InChI is InChI=1S/C6H6N4O2/c1-12-6(11)4-3(2-7)5(8)10-9-4/h1H3,(H3,8,9,10). The van der Waals surface area contributed by atoms with Gasteiger partial charge in [-0.25, -0.2) is 4.79 Å². The number of carbonyl (C=O) groups is 1. The van der Waals surface area contributed by atoms with Crippen molar-refractivity contribution in [1.29, 1.82) is 5.26 Å². The van der Waals surface area contributed by atoms with Gasteiger partial charge in [-0.15, -0.1) is 0 Å². The second-order valence-corrected chi connectivity index (χ2v) is 1.96. The zero-order valence-corrected chi connectivity index (χ0v) is 6.29. The highest BCUT2D eigenvalue weighted by molar-refractivity contribution is 5.91. The van der Waals surface area contributed by atoms with Gasteiger partial charge in [-0.3, -0.25) is 5.10 Å². The van der Waals surface area contributed by atoms with Gasteiger partial charge in [-0.2, -0.15) is 10.4 Å². The van der Waals surface area contributed by atoms with Crippen molar-refractivity contribution in [1.82, 2.24) is 10.2 Å². The number of aromatic nitrogens is 2. The molecule has 0 unspecified atom stereocenters. The molecule has 0 aliphatic heterocycles. The minimum atomic E-state index is -0.657. The van der Waals surface area contributed by atoms with E-state index in [-0.39, 0.29) is 17.1 Å². The summed E-state index contributed by atoms with van der Waals surface area (Å²) < 4.78 is 4.38. The number of ether oxygens (including phenoxy) is 1. The molecule has 0 aliphatic rings. The van der Waals surface area contributed by atoms with Crippen molar-refractivity contribution in [2.75, 3.05) is 12.8 Å². The van der Waals surface area contributed by atoms with Crippen LogP contribution in [0.3, 0.4) is 0 Å². The average Bonchev–Trinajstić information content (AvgIpc) is 2.45. The van der Waals surface area contributed by atoms with Crippen molar-refractivity contribution < 1.29 is 9.53 Å². The highest BCUT2D eigenvalue weighted by Crippen LogP contribution is 2.11.